The van der Waals surface area contributed by atoms with Crippen LogP contribution in [0.3, 0.4) is 0 Å². The van der Waals surface area contributed by atoms with Crippen molar-refractivity contribution in [1.82, 2.24) is 25.4 Å². The number of benzene rings is 1. The lowest BCUT2D eigenvalue weighted by Crippen LogP contribution is -2.38. The molecule has 0 aliphatic heterocycles. The van der Waals surface area contributed by atoms with Gasteiger partial charge >= 0.3 is 0 Å². The summed E-state index contributed by atoms with van der Waals surface area (Å²) in [5, 5.41) is 10.9. The molecule has 0 spiro atoms. The van der Waals surface area contributed by atoms with E-state index in [9.17, 15) is 0 Å². The highest BCUT2D eigenvalue weighted by atomic mass is 127. The molecule has 2 heterocycles. The van der Waals surface area contributed by atoms with Crippen molar-refractivity contribution in [2.45, 2.75) is 39.8 Å². The summed E-state index contributed by atoms with van der Waals surface area (Å²) in [5.41, 5.74) is 0.910. The maximum Gasteiger partial charge on any atom is 0.224 e. The quantitative estimate of drug-likeness (QED) is 0.145. The van der Waals surface area contributed by atoms with Gasteiger partial charge < -0.3 is 20.1 Å². The zero-order valence-electron chi connectivity index (χ0n) is 19.2. The van der Waals surface area contributed by atoms with Crippen molar-refractivity contribution < 1.29 is 9.47 Å². The molecule has 9 heteroatoms. The average Bonchev–Trinajstić information content (AvgIpc) is 3.34. The van der Waals surface area contributed by atoms with Crippen LogP contribution in [-0.2, 0) is 13.1 Å². The molecular formula is C24H33IN6O2. The van der Waals surface area contributed by atoms with Gasteiger partial charge in [-0.3, -0.25) is 4.68 Å². The van der Waals surface area contributed by atoms with Gasteiger partial charge in [0.25, 0.3) is 0 Å². The van der Waals surface area contributed by atoms with Gasteiger partial charge in [0.05, 0.1) is 13.2 Å². The Morgan fingerprint density at radius 1 is 1.03 bits per heavy atom. The van der Waals surface area contributed by atoms with Gasteiger partial charge in [0.2, 0.25) is 5.88 Å². The number of nitrogens with zero attached hydrogens (tertiary/aromatic N) is 4. The second-order valence-corrected chi connectivity index (χ2v) is 7.13. The highest BCUT2D eigenvalue weighted by molar-refractivity contribution is 14.0. The van der Waals surface area contributed by atoms with Gasteiger partial charge in [-0.25, -0.2) is 9.98 Å². The van der Waals surface area contributed by atoms with E-state index >= 15 is 0 Å². The molecule has 0 saturated heterocycles. The summed E-state index contributed by atoms with van der Waals surface area (Å²) in [6.07, 6.45) is 7.41. The van der Waals surface area contributed by atoms with Gasteiger partial charge in [0.15, 0.2) is 5.96 Å². The van der Waals surface area contributed by atoms with Crippen molar-refractivity contribution in [3.8, 4) is 17.4 Å². The SMILES string of the molecule is CCCOc1ccc(Oc2ncccc2CN=C(NCC)NCCCn2cccn2)cc1.I. The van der Waals surface area contributed by atoms with Crippen LogP contribution in [0.4, 0.5) is 0 Å². The molecule has 1 aromatic carbocycles. The number of nitrogens with one attached hydrogen (secondary N) is 2. The molecular weight excluding hydrogens is 531 g/mol. The van der Waals surface area contributed by atoms with Gasteiger partial charge in [-0.1, -0.05) is 13.0 Å². The highest BCUT2D eigenvalue weighted by Crippen LogP contribution is 2.25. The Morgan fingerprint density at radius 3 is 2.58 bits per heavy atom. The maximum atomic E-state index is 6.01. The first-order chi connectivity index (χ1) is 15.8. The number of halogens is 1. The first-order valence-electron chi connectivity index (χ1n) is 11.1. The molecule has 3 aromatic rings. The highest BCUT2D eigenvalue weighted by Gasteiger charge is 2.07. The first kappa shape index (κ1) is 26.4. The number of hydrogen-bond donors (Lipinski definition) is 2. The second-order valence-electron chi connectivity index (χ2n) is 7.13. The summed E-state index contributed by atoms with van der Waals surface area (Å²) in [6.45, 7) is 7.74. The minimum absolute atomic E-state index is 0. The van der Waals surface area contributed by atoms with E-state index in [1.165, 1.54) is 0 Å². The fraction of sp³-hybridized carbons (Fsp3) is 0.375. The summed E-state index contributed by atoms with van der Waals surface area (Å²) in [7, 11) is 0. The molecule has 8 nitrogen and oxygen atoms in total. The Balaban J connectivity index is 0.00000385. The van der Waals surface area contributed by atoms with Crippen LogP contribution >= 0.6 is 24.0 Å². The van der Waals surface area contributed by atoms with Gasteiger partial charge in [-0.2, -0.15) is 5.10 Å². The van der Waals surface area contributed by atoms with Crippen LogP contribution in [0, 0.1) is 0 Å². The predicted molar refractivity (Wildman–Crippen MR) is 142 cm³/mol. The minimum atomic E-state index is 0. The third-order valence-electron chi connectivity index (χ3n) is 4.53. The van der Waals surface area contributed by atoms with Crippen LogP contribution in [0.15, 0.2) is 66.0 Å². The van der Waals surface area contributed by atoms with Gasteiger partial charge in [0.1, 0.15) is 11.5 Å². The summed E-state index contributed by atoms with van der Waals surface area (Å²) in [4.78, 5) is 9.10. The third kappa shape index (κ3) is 9.29. The van der Waals surface area contributed by atoms with E-state index in [1.807, 2.05) is 60.3 Å². The van der Waals surface area contributed by atoms with Gasteiger partial charge in [-0.15, -0.1) is 24.0 Å². The molecule has 0 fully saturated rings. The van der Waals surface area contributed by atoms with Crippen molar-refractivity contribution in [1.29, 1.82) is 0 Å². The molecule has 0 aliphatic rings. The maximum absolute atomic E-state index is 6.01. The molecule has 0 bridgehead atoms. The fourth-order valence-electron chi connectivity index (χ4n) is 2.96. The Morgan fingerprint density at radius 2 is 1.85 bits per heavy atom. The number of hydrogen-bond acceptors (Lipinski definition) is 5. The van der Waals surface area contributed by atoms with Crippen LogP contribution in [0.25, 0.3) is 0 Å². The van der Waals surface area contributed by atoms with Gasteiger partial charge in [-0.05, 0) is 56.2 Å². The van der Waals surface area contributed by atoms with E-state index in [0.717, 1.165) is 49.7 Å². The number of guanidine groups is 1. The molecule has 0 unspecified atom stereocenters. The molecule has 0 radical (unpaired) electrons. The van der Waals surface area contributed by atoms with Crippen molar-refractivity contribution in [3.05, 3.63) is 66.6 Å². The standard InChI is InChI=1S/C24H32N6O2.HI/c1-3-18-31-21-9-11-22(12-10-21)32-23-20(8-5-13-26-23)19-28-24(25-4-2)27-14-6-16-30-17-7-15-29-30;/h5,7-13,15,17H,3-4,6,14,16,18-19H2,1-2H3,(H2,25,27,28);1H. The Bertz CT molecular complexity index is 948. The topological polar surface area (TPSA) is 85.6 Å². The minimum Gasteiger partial charge on any atom is -0.494 e. The summed E-state index contributed by atoms with van der Waals surface area (Å²) >= 11 is 0. The van der Waals surface area contributed by atoms with Crippen molar-refractivity contribution >= 4 is 29.9 Å². The summed E-state index contributed by atoms with van der Waals surface area (Å²) in [6, 6.07) is 13.4. The molecule has 178 valence electrons. The second kappa shape index (κ2) is 15.1. The van der Waals surface area contributed by atoms with E-state index in [0.29, 0.717) is 24.8 Å². The lowest BCUT2D eigenvalue weighted by Gasteiger charge is -2.13. The van der Waals surface area contributed by atoms with Gasteiger partial charge in [0, 0.05) is 43.8 Å². The van der Waals surface area contributed by atoms with E-state index in [-0.39, 0.29) is 24.0 Å². The first-order valence-corrected chi connectivity index (χ1v) is 11.1. The number of ether oxygens (including phenoxy) is 2. The summed E-state index contributed by atoms with van der Waals surface area (Å²) in [5.74, 6) is 2.86. The molecule has 2 N–H and O–H groups in total. The molecule has 0 atom stereocenters. The van der Waals surface area contributed by atoms with E-state index in [2.05, 4.69) is 27.6 Å². The number of aryl methyl sites for hydroxylation is 1. The molecule has 3 rings (SSSR count). The molecule has 0 saturated carbocycles. The third-order valence-corrected chi connectivity index (χ3v) is 4.53. The Labute approximate surface area is 212 Å². The number of aromatic nitrogens is 3. The molecule has 0 aliphatic carbocycles. The van der Waals surface area contributed by atoms with Crippen molar-refractivity contribution in [3.63, 3.8) is 0 Å². The number of rotatable bonds is 12. The smallest absolute Gasteiger partial charge is 0.224 e. The largest absolute Gasteiger partial charge is 0.494 e. The molecule has 0 amide bonds. The number of aliphatic imine (C=N–C) groups is 1. The van der Waals surface area contributed by atoms with Crippen LogP contribution in [0.1, 0.15) is 32.3 Å². The lowest BCUT2D eigenvalue weighted by atomic mass is 10.2. The number of pyridine rings is 1. The van der Waals surface area contributed by atoms with Crippen LogP contribution in [0.2, 0.25) is 0 Å². The predicted octanol–water partition coefficient (Wildman–Crippen LogP) is 4.62. The lowest BCUT2D eigenvalue weighted by molar-refractivity contribution is 0.317. The van der Waals surface area contributed by atoms with Crippen LogP contribution in [-0.4, -0.2) is 40.4 Å². The van der Waals surface area contributed by atoms with Crippen LogP contribution in [0.5, 0.6) is 17.4 Å². The van der Waals surface area contributed by atoms with E-state index < -0.39 is 0 Å². The Kier molecular flexibility index (Phi) is 12.1. The zero-order chi connectivity index (χ0) is 22.4. The average molecular weight is 564 g/mol. The zero-order valence-corrected chi connectivity index (χ0v) is 21.6. The van der Waals surface area contributed by atoms with E-state index in [4.69, 9.17) is 14.5 Å². The normalized spacial score (nSPS) is 10.9. The molecule has 2 aromatic heterocycles. The summed E-state index contributed by atoms with van der Waals surface area (Å²) < 4.78 is 13.6. The van der Waals surface area contributed by atoms with Crippen molar-refractivity contribution in [2.24, 2.45) is 4.99 Å². The van der Waals surface area contributed by atoms with E-state index in [1.54, 1.807) is 12.4 Å². The monoisotopic (exact) mass is 564 g/mol. The van der Waals surface area contributed by atoms with Crippen LogP contribution < -0.4 is 20.1 Å². The molecule has 33 heavy (non-hydrogen) atoms. The fourth-order valence-corrected chi connectivity index (χ4v) is 2.96. The Hall–Kier alpha value is -2.82. The van der Waals surface area contributed by atoms with Crippen molar-refractivity contribution in [2.75, 3.05) is 19.7 Å².